The van der Waals surface area contributed by atoms with Crippen LogP contribution in [0.25, 0.3) is 10.2 Å². The number of alkyl halides is 3. The van der Waals surface area contributed by atoms with Gasteiger partial charge in [0.15, 0.2) is 0 Å². The minimum absolute atomic E-state index is 0.446. The maximum atomic E-state index is 12.6. The van der Waals surface area contributed by atoms with E-state index in [1.165, 1.54) is 11.5 Å². The Kier molecular flexibility index (Phi) is 3.08. The van der Waals surface area contributed by atoms with Crippen LogP contribution in [-0.4, -0.2) is 28.3 Å². The van der Waals surface area contributed by atoms with Crippen LogP contribution in [0.1, 0.15) is 19.3 Å². The lowest BCUT2D eigenvalue weighted by atomic mass is 10.1. The van der Waals surface area contributed by atoms with Crippen LogP contribution < -0.4 is 4.90 Å². The van der Waals surface area contributed by atoms with Crippen molar-refractivity contribution in [3.05, 3.63) is 18.2 Å². The molecule has 7 heteroatoms. The molecule has 1 fully saturated rings. The Bertz CT molecular complexity index is 581. The molecule has 1 atom stereocenters. The molecule has 1 saturated heterocycles. The summed E-state index contributed by atoms with van der Waals surface area (Å²) in [5, 5.41) is 3.93. The van der Waals surface area contributed by atoms with Gasteiger partial charge >= 0.3 is 6.18 Å². The van der Waals surface area contributed by atoms with Crippen molar-refractivity contribution in [3.8, 4) is 0 Å². The van der Waals surface area contributed by atoms with Crippen LogP contribution >= 0.6 is 11.5 Å². The molecule has 0 radical (unpaired) electrons. The first-order valence-corrected chi connectivity index (χ1v) is 6.86. The number of rotatable bonds is 2. The second-order valence-electron chi connectivity index (χ2n) is 4.73. The number of nitrogens with zero attached hydrogens (tertiary/aromatic N) is 3. The molecular weight excluding hydrogens is 275 g/mol. The van der Waals surface area contributed by atoms with Crippen LogP contribution in [0.15, 0.2) is 18.2 Å². The van der Waals surface area contributed by atoms with Gasteiger partial charge in [0.05, 0.1) is 11.1 Å². The minimum Gasteiger partial charge on any atom is -0.368 e. The molecule has 19 heavy (non-hydrogen) atoms. The highest BCUT2D eigenvalue weighted by molar-refractivity contribution is 7.12. The molecule has 1 aromatic heterocycles. The Morgan fingerprint density at radius 3 is 3.00 bits per heavy atom. The Balaban J connectivity index is 1.87. The summed E-state index contributed by atoms with van der Waals surface area (Å²) in [4.78, 5) is 1.85. The summed E-state index contributed by atoms with van der Waals surface area (Å²) in [5.74, 6) is 0. The van der Waals surface area contributed by atoms with Crippen molar-refractivity contribution in [3.63, 3.8) is 0 Å². The number of hydrogen-bond acceptors (Lipinski definition) is 4. The third-order valence-corrected chi connectivity index (χ3v) is 4.09. The second-order valence-corrected chi connectivity index (χ2v) is 5.52. The number of fused-ring (bicyclic) bond motifs is 1. The van der Waals surface area contributed by atoms with Gasteiger partial charge in [0.25, 0.3) is 0 Å². The smallest absolute Gasteiger partial charge is 0.368 e. The Morgan fingerprint density at radius 1 is 1.37 bits per heavy atom. The van der Waals surface area contributed by atoms with Crippen LogP contribution in [0, 0.1) is 0 Å². The highest BCUT2D eigenvalue weighted by Gasteiger charge is 2.37. The van der Waals surface area contributed by atoms with Crippen molar-refractivity contribution < 1.29 is 13.2 Å². The lowest BCUT2D eigenvalue weighted by Gasteiger charge is -2.27. The third kappa shape index (κ3) is 2.65. The maximum Gasteiger partial charge on any atom is 0.391 e. The monoisotopic (exact) mass is 287 g/mol. The van der Waals surface area contributed by atoms with Crippen LogP contribution in [0.5, 0.6) is 0 Å². The van der Waals surface area contributed by atoms with E-state index in [1.807, 2.05) is 23.1 Å². The average molecular weight is 287 g/mol. The van der Waals surface area contributed by atoms with Gasteiger partial charge in [0.1, 0.15) is 5.52 Å². The topological polar surface area (TPSA) is 29.0 Å². The largest absolute Gasteiger partial charge is 0.391 e. The van der Waals surface area contributed by atoms with E-state index in [1.54, 1.807) is 0 Å². The summed E-state index contributed by atoms with van der Waals surface area (Å²) in [7, 11) is 0. The SMILES string of the molecule is FC(F)(F)C[C@H]1CCCN1c1ccc2nnsc2c1. The summed E-state index contributed by atoms with van der Waals surface area (Å²) >= 11 is 1.26. The molecule has 1 aliphatic heterocycles. The number of aromatic nitrogens is 2. The molecule has 3 rings (SSSR count). The molecule has 102 valence electrons. The summed E-state index contributed by atoms with van der Waals surface area (Å²) in [6.45, 7) is 0.679. The molecule has 0 amide bonds. The molecule has 3 nitrogen and oxygen atoms in total. The highest BCUT2D eigenvalue weighted by atomic mass is 32.1. The first kappa shape index (κ1) is 12.7. The van der Waals surface area contributed by atoms with Gasteiger partial charge in [0, 0.05) is 18.3 Å². The predicted octanol–water partition coefficient (Wildman–Crippen LogP) is 3.61. The van der Waals surface area contributed by atoms with E-state index >= 15 is 0 Å². The summed E-state index contributed by atoms with van der Waals surface area (Å²) in [5.41, 5.74) is 1.63. The van der Waals surface area contributed by atoms with Crippen LogP contribution in [0.2, 0.25) is 0 Å². The van der Waals surface area contributed by atoms with Gasteiger partial charge in [-0.15, -0.1) is 5.10 Å². The van der Waals surface area contributed by atoms with E-state index in [0.29, 0.717) is 13.0 Å². The molecule has 0 saturated carbocycles. The Morgan fingerprint density at radius 2 is 2.21 bits per heavy atom. The molecule has 1 aliphatic rings. The number of benzene rings is 1. The first-order chi connectivity index (χ1) is 9.03. The Labute approximate surface area is 112 Å². The van der Waals surface area contributed by atoms with Crippen molar-refractivity contribution in [2.75, 3.05) is 11.4 Å². The lowest BCUT2D eigenvalue weighted by molar-refractivity contribution is -0.137. The molecule has 0 aliphatic carbocycles. The fourth-order valence-electron chi connectivity index (χ4n) is 2.60. The number of halogens is 3. The van der Waals surface area contributed by atoms with Crippen molar-refractivity contribution >= 4 is 27.4 Å². The molecule has 0 unspecified atom stereocenters. The van der Waals surface area contributed by atoms with Crippen molar-refractivity contribution in [1.82, 2.24) is 9.59 Å². The molecule has 0 N–H and O–H groups in total. The van der Waals surface area contributed by atoms with Crippen LogP contribution in [0.3, 0.4) is 0 Å². The molecule has 0 spiro atoms. The van der Waals surface area contributed by atoms with E-state index in [-0.39, 0.29) is 0 Å². The van der Waals surface area contributed by atoms with Crippen LogP contribution in [-0.2, 0) is 0 Å². The van der Waals surface area contributed by atoms with Crippen molar-refractivity contribution in [1.29, 1.82) is 0 Å². The van der Waals surface area contributed by atoms with E-state index in [4.69, 9.17) is 0 Å². The summed E-state index contributed by atoms with van der Waals surface area (Å²) < 4.78 is 42.4. The first-order valence-electron chi connectivity index (χ1n) is 6.08. The van der Waals surface area contributed by atoms with E-state index in [0.717, 1.165) is 22.3 Å². The van der Waals surface area contributed by atoms with Gasteiger partial charge in [-0.1, -0.05) is 4.49 Å². The Hall–Kier alpha value is -1.37. The fraction of sp³-hybridized carbons (Fsp3) is 0.500. The number of anilines is 1. The lowest BCUT2D eigenvalue weighted by Crippen LogP contribution is -2.33. The van der Waals surface area contributed by atoms with E-state index in [2.05, 4.69) is 9.59 Å². The molecule has 2 aromatic rings. The molecular formula is C12H12F3N3S. The number of hydrogen-bond donors (Lipinski definition) is 0. The van der Waals surface area contributed by atoms with E-state index in [9.17, 15) is 13.2 Å². The van der Waals surface area contributed by atoms with Gasteiger partial charge in [-0.25, -0.2) is 0 Å². The van der Waals surface area contributed by atoms with Crippen molar-refractivity contribution in [2.24, 2.45) is 0 Å². The van der Waals surface area contributed by atoms with E-state index < -0.39 is 18.6 Å². The van der Waals surface area contributed by atoms with Gasteiger partial charge in [-0.05, 0) is 42.6 Å². The van der Waals surface area contributed by atoms with Gasteiger partial charge in [-0.2, -0.15) is 13.2 Å². The standard InChI is InChI=1S/C12H12F3N3S/c13-12(14,15)7-9-2-1-5-18(9)8-3-4-10-11(6-8)19-17-16-10/h3-4,6,9H,1-2,5,7H2/t9-/m1/s1. The molecule has 2 heterocycles. The van der Waals surface area contributed by atoms with Gasteiger partial charge < -0.3 is 4.90 Å². The summed E-state index contributed by atoms with van der Waals surface area (Å²) in [6.07, 6.45) is -3.45. The van der Waals surface area contributed by atoms with Gasteiger partial charge in [-0.3, -0.25) is 0 Å². The normalized spacial score (nSPS) is 20.4. The minimum atomic E-state index is -4.11. The summed E-state index contributed by atoms with van der Waals surface area (Å²) in [6, 6.07) is 5.09. The third-order valence-electron chi connectivity index (χ3n) is 3.41. The fourth-order valence-corrected chi connectivity index (χ4v) is 3.19. The molecule has 1 aromatic carbocycles. The quantitative estimate of drug-likeness (QED) is 0.845. The molecule has 0 bridgehead atoms. The zero-order valence-electron chi connectivity index (χ0n) is 10.0. The van der Waals surface area contributed by atoms with Crippen LogP contribution in [0.4, 0.5) is 18.9 Å². The zero-order valence-corrected chi connectivity index (χ0v) is 10.8. The van der Waals surface area contributed by atoms with Gasteiger partial charge in [0.2, 0.25) is 0 Å². The predicted molar refractivity (Wildman–Crippen MR) is 68.5 cm³/mol. The highest BCUT2D eigenvalue weighted by Crippen LogP contribution is 2.34. The van der Waals surface area contributed by atoms with Crippen molar-refractivity contribution in [2.45, 2.75) is 31.5 Å². The zero-order chi connectivity index (χ0) is 13.5. The average Bonchev–Trinajstić information content (AvgIpc) is 2.93. The maximum absolute atomic E-state index is 12.6. The second kappa shape index (κ2) is 4.63.